The fourth-order valence-electron chi connectivity index (χ4n) is 5.87. The van der Waals surface area contributed by atoms with Gasteiger partial charge < -0.3 is 4.43 Å². The number of hydrogen-bond acceptors (Lipinski definition) is 1. The quantitative estimate of drug-likeness (QED) is 0.0426. The van der Waals surface area contributed by atoms with Crippen molar-refractivity contribution in [2.24, 2.45) is 5.92 Å². The number of hydrogen-bond donors (Lipinski definition) is 0. The fraction of sp³-hybridized carbons (Fsp3) is 0.902. The molecule has 0 bridgehead atoms. The van der Waals surface area contributed by atoms with Gasteiger partial charge in [-0.25, -0.2) is 0 Å². The highest BCUT2D eigenvalue weighted by molar-refractivity contribution is 6.74. The minimum atomic E-state index is -1.70. The maximum absolute atomic E-state index is 6.96. The third-order valence-electron chi connectivity index (χ3n) is 10.0. The minimum absolute atomic E-state index is 0.303. The summed E-state index contributed by atoms with van der Waals surface area (Å²) in [6, 6.07) is 0. The lowest BCUT2D eigenvalue weighted by molar-refractivity contribution is 0.154. The molecule has 2 heteroatoms. The molecule has 0 fully saturated rings. The maximum Gasteiger partial charge on any atom is 0.192 e. The van der Waals surface area contributed by atoms with Gasteiger partial charge in [-0.3, -0.25) is 0 Å². The molecule has 0 heterocycles. The first-order chi connectivity index (χ1) is 20.7. The van der Waals surface area contributed by atoms with Crippen molar-refractivity contribution < 1.29 is 4.43 Å². The van der Waals surface area contributed by atoms with Crippen LogP contribution in [0.5, 0.6) is 0 Å². The summed E-state index contributed by atoms with van der Waals surface area (Å²) in [5.41, 5.74) is 0. The van der Waals surface area contributed by atoms with E-state index >= 15 is 0 Å². The zero-order valence-electron chi connectivity index (χ0n) is 31.3. The molecule has 0 aliphatic carbocycles. The predicted octanol–water partition coefficient (Wildman–Crippen LogP) is 15.3. The van der Waals surface area contributed by atoms with E-state index in [0.29, 0.717) is 11.1 Å². The van der Waals surface area contributed by atoms with E-state index in [0.717, 1.165) is 5.92 Å². The average Bonchev–Trinajstić information content (AvgIpc) is 2.96. The van der Waals surface area contributed by atoms with E-state index in [-0.39, 0.29) is 0 Å². The summed E-state index contributed by atoms with van der Waals surface area (Å²) in [5, 5.41) is 0.303. The molecule has 0 aromatic heterocycles. The highest BCUT2D eigenvalue weighted by atomic mass is 28.4. The van der Waals surface area contributed by atoms with Crippen LogP contribution in [-0.4, -0.2) is 14.4 Å². The molecule has 0 saturated heterocycles. The van der Waals surface area contributed by atoms with Crippen molar-refractivity contribution >= 4 is 8.32 Å². The summed E-state index contributed by atoms with van der Waals surface area (Å²) in [7, 11) is -1.70. The van der Waals surface area contributed by atoms with Crippen molar-refractivity contribution in [2.45, 2.75) is 233 Å². The fourth-order valence-corrected chi connectivity index (χ4v) is 7.29. The summed E-state index contributed by atoms with van der Waals surface area (Å²) < 4.78 is 6.96. The average molecular weight is 619 g/mol. The molecule has 0 rings (SSSR count). The predicted molar refractivity (Wildman–Crippen MR) is 201 cm³/mol. The Morgan fingerprint density at radius 2 is 0.860 bits per heavy atom. The summed E-state index contributed by atoms with van der Waals surface area (Å²) in [6.45, 7) is 19.0. The maximum atomic E-state index is 6.96. The van der Waals surface area contributed by atoms with Crippen LogP contribution >= 0.6 is 0 Å². The third kappa shape index (κ3) is 26.6. The molecule has 0 aromatic rings. The highest BCUT2D eigenvalue weighted by Crippen LogP contribution is 2.38. The van der Waals surface area contributed by atoms with E-state index < -0.39 is 8.32 Å². The topological polar surface area (TPSA) is 9.23 Å². The first-order valence-corrected chi connectivity index (χ1v) is 22.6. The summed E-state index contributed by atoms with van der Waals surface area (Å²) in [6.07, 6.45) is 45.7. The third-order valence-corrected chi connectivity index (χ3v) is 14.5. The standard InChI is InChI=1S/C41H82OSi/c1-9-12-15-18-21-24-29-34-39(35-30-25-22-19-16-13-10-2)36-31-26-23-28-33-38-40(37-32-27-20-17-14-11-3)42-43(7,8)41(4,5)6/h24-25,29-30,39-40H,9-23,26-28,31-38H2,1-8H3/b29-24-,30-25-. The van der Waals surface area contributed by atoms with Gasteiger partial charge in [0.1, 0.15) is 0 Å². The summed E-state index contributed by atoms with van der Waals surface area (Å²) in [5.74, 6) is 0.832. The van der Waals surface area contributed by atoms with E-state index in [4.69, 9.17) is 4.43 Å². The van der Waals surface area contributed by atoms with Crippen LogP contribution in [-0.2, 0) is 4.43 Å². The molecule has 0 aliphatic rings. The molecule has 0 N–H and O–H groups in total. The van der Waals surface area contributed by atoms with E-state index in [1.54, 1.807) is 0 Å². The van der Waals surface area contributed by atoms with Gasteiger partial charge in [0.25, 0.3) is 0 Å². The van der Waals surface area contributed by atoms with Gasteiger partial charge >= 0.3 is 0 Å². The largest absolute Gasteiger partial charge is 0.414 e. The lowest BCUT2D eigenvalue weighted by Gasteiger charge is -2.39. The zero-order valence-corrected chi connectivity index (χ0v) is 32.3. The number of rotatable bonds is 31. The summed E-state index contributed by atoms with van der Waals surface area (Å²) in [4.78, 5) is 0. The monoisotopic (exact) mass is 619 g/mol. The molecular formula is C41H82OSi. The van der Waals surface area contributed by atoms with Crippen molar-refractivity contribution in [3.05, 3.63) is 24.3 Å². The Labute approximate surface area is 275 Å². The second-order valence-corrected chi connectivity index (χ2v) is 20.1. The van der Waals surface area contributed by atoms with Gasteiger partial charge in [0.2, 0.25) is 0 Å². The Morgan fingerprint density at radius 3 is 1.28 bits per heavy atom. The van der Waals surface area contributed by atoms with Crippen LogP contribution in [0, 0.1) is 5.92 Å². The molecule has 43 heavy (non-hydrogen) atoms. The molecule has 1 nitrogen and oxygen atoms in total. The van der Waals surface area contributed by atoms with Crippen LogP contribution in [0.4, 0.5) is 0 Å². The second-order valence-electron chi connectivity index (χ2n) is 15.4. The molecule has 1 unspecified atom stereocenters. The van der Waals surface area contributed by atoms with E-state index in [1.807, 2.05) is 0 Å². The lowest BCUT2D eigenvalue weighted by Crippen LogP contribution is -2.44. The van der Waals surface area contributed by atoms with Crippen molar-refractivity contribution in [1.82, 2.24) is 0 Å². The molecule has 0 spiro atoms. The van der Waals surface area contributed by atoms with E-state index in [9.17, 15) is 0 Å². The van der Waals surface area contributed by atoms with Crippen molar-refractivity contribution in [3.63, 3.8) is 0 Å². The molecule has 0 radical (unpaired) electrons. The SMILES string of the molecule is CCCCCC/C=C\CC(C/C=C\CCCCCC)CCCCCCCC(CCCCCCCC)O[Si](C)(C)C(C)(C)C. The molecule has 0 aromatic carbocycles. The van der Waals surface area contributed by atoms with Gasteiger partial charge in [0, 0.05) is 6.10 Å². The first kappa shape index (κ1) is 42.7. The molecule has 256 valence electrons. The van der Waals surface area contributed by atoms with Crippen LogP contribution < -0.4 is 0 Å². The van der Waals surface area contributed by atoms with Gasteiger partial charge in [0.05, 0.1) is 0 Å². The molecule has 0 aliphatic heterocycles. The van der Waals surface area contributed by atoms with Crippen LogP contribution in [0.25, 0.3) is 0 Å². The van der Waals surface area contributed by atoms with Gasteiger partial charge in [-0.15, -0.1) is 0 Å². The Kier molecular flexibility index (Phi) is 28.9. The van der Waals surface area contributed by atoms with E-state index in [2.05, 4.69) is 78.9 Å². The highest BCUT2D eigenvalue weighted by Gasteiger charge is 2.38. The molecule has 1 atom stereocenters. The molecule has 0 amide bonds. The Bertz CT molecular complexity index is 604. The van der Waals surface area contributed by atoms with Crippen LogP contribution in [0.3, 0.4) is 0 Å². The van der Waals surface area contributed by atoms with Gasteiger partial charge in [-0.1, -0.05) is 175 Å². The Hall–Kier alpha value is -0.343. The number of allylic oxidation sites excluding steroid dienone is 4. The normalized spacial score (nSPS) is 13.7. The van der Waals surface area contributed by atoms with Crippen LogP contribution in [0.15, 0.2) is 24.3 Å². The van der Waals surface area contributed by atoms with Crippen LogP contribution in [0.1, 0.15) is 208 Å². The van der Waals surface area contributed by atoms with Crippen molar-refractivity contribution in [2.75, 3.05) is 0 Å². The van der Waals surface area contributed by atoms with Gasteiger partial charge in [0.15, 0.2) is 8.32 Å². The van der Waals surface area contributed by atoms with Gasteiger partial charge in [-0.05, 0) is 81.8 Å². The van der Waals surface area contributed by atoms with Crippen molar-refractivity contribution in [3.8, 4) is 0 Å². The summed E-state index contributed by atoms with van der Waals surface area (Å²) >= 11 is 0. The molecule has 0 saturated carbocycles. The smallest absolute Gasteiger partial charge is 0.192 e. The molecular weight excluding hydrogens is 537 g/mol. The minimum Gasteiger partial charge on any atom is -0.414 e. The number of unbranched alkanes of at least 4 members (excludes halogenated alkanes) is 17. The van der Waals surface area contributed by atoms with E-state index in [1.165, 1.54) is 167 Å². The first-order valence-electron chi connectivity index (χ1n) is 19.7. The Morgan fingerprint density at radius 1 is 0.488 bits per heavy atom. The second kappa shape index (κ2) is 29.1. The van der Waals surface area contributed by atoms with Crippen molar-refractivity contribution in [1.29, 1.82) is 0 Å². The Balaban J connectivity index is 4.54. The van der Waals surface area contributed by atoms with Crippen LogP contribution in [0.2, 0.25) is 18.1 Å². The lowest BCUT2D eigenvalue weighted by atomic mass is 9.93. The van der Waals surface area contributed by atoms with Gasteiger partial charge in [-0.2, -0.15) is 0 Å². The zero-order chi connectivity index (χ0) is 32.1.